The molecule has 3 aromatic rings. The molecule has 0 atom stereocenters. The molecular weight excluding hydrogens is 440 g/mol. The van der Waals surface area contributed by atoms with Crippen molar-refractivity contribution in [1.82, 2.24) is 15.2 Å². The van der Waals surface area contributed by atoms with Crippen molar-refractivity contribution in [1.29, 1.82) is 0 Å². The zero-order valence-electron chi connectivity index (χ0n) is 18.2. The van der Waals surface area contributed by atoms with Crippen molar-refractivity contribution in [2.75, 3.05) is 20.2 Å². The number of aromatic nitrogens is 1. The lowest BCUT2D eigenvalue weighted by molar-refractivity contribution is -0.118. The number of H-pyrrole nitrogens is 1. The van der Waals surface area contributed by atoms with Gasteiger partial charge in [-0.3, -0.25) is 24.9 Å². The van der Waals surface area contributed by atoms with Crippen molar-refractivity contribution >= 4 is 35.0 Å². The van der Waals surface area contributed by atoms with E-state index in [1.54, 1.807) is 42.5 Å². The SMILES string of the molecule is COc1ccc(CN=Cc2c(O)[nH]c(=O)c3cccc(C=CCN4CC(=O)NC4=O)c23)cc1O. The molecule has 4 N–H and O–H groups in total. The van der Waals surface area contributed by atoms with Crippen molar-refractivity contribution in [3.05, 3.63) is 69.5 Å². The number of benzene rings is 2. The minimum Gasteiger partial charge on any atom is -0.504 e. The van der Waals surface area contributed by atoms with Crippen LogP contribution in [0.3, 0.4) is 0 Å². The second-order valence-electron chi connectivity index (χ2n) is 7.60. The number of pyridine rings is 1. The van der Waals surface area contributed by atoms with Crippen LogP contribution in [0.5, 0.6) is 17.4 Å². The van der Waals surface area contributed by atoms with E-state index in [-0.39, 0.29) is 37.2 Å². The van der Waals surface area contributed by atoms with E-state index >= 15 is 0 Å². The zero-order valence-corrected chi connectivity index (χ0v) is 18.2. The molecule has 2 aromatic carbocycles. The van der Waals surface area contributed by atoms with Gasteiger partial charge >= 0.3 is 6.03 Å². The number of phenols is 1. The number of aliphatic imine (C=N–C) groups is 1. The van der Waals surface area contributed by atoms with Crippen LogP contribution in [0.1, 0.15) is 16.7 Å². The van der Waals surface area contributed by atoms with E-state index in [0.29, 0.717) is 27.6 Å². The van der Waals surface area contributed by atoms with E-state index in [0.717, 1.165) is 5.56 Å². The molecule has 4 rings (SSSR count). The number of methoxy groups -OCH3 is 1. The first kappa shape index (κ1) is 22.6. The van der Waals surface area contributed by atoms with Gasteiger partial charge in [0.1, 0.15) is 6.54 Å². The van der Waals surface area contributed by atoms with E-state index in [9.17, 15) is 24.6 Å². The number of hydrogen-bond donors (Lipinski definition) is 4. The van der Waals surface area contributed by atoms with Crippen molar-refractivity contribution in [3.63, 3.8) is 0 Å². The first-order valence-electron chi connectivity index (χ1n) is 10.4. The third-order valence-electron chi connectivity index (χ3n) is 5.33. The Morgan fingerprint density at radius 2 is 2.00 bits per heavy atom. The summed E-state index contributed by atoms with van der Waals surface area (Å²) in [5, 5.41) is 23.5. The number of aromatic amines is 1. The number of nitrogens with zero attached hydrogens (tertiary/aromatic N) is 2. The Kier molecular flexibility index (Phi) is 6.30. The Morgan fingerprint density at radius 3 is 2.71 bits per heavy atom. The number of nitrogens with one attached hydrogen (secondary N) is 2. The molecule has 10 nitrogen and oxygen atoms in total. The van der Waals surface area contributed by atoms with E-state index in [2.05, 4.69) is 15.3 Å². The highest BCUT2D eigenvalue weighted by Gasteiger charge is 2.25. The normalized spacial score (nSPS) is 14.0. The summed E-state index contributed by atoms with van der Waals surface area (Å²) in [6.07, 6.45) is 4.88. The Hall–Kier alpha value is -4.60. The minimum absolute atomic E-state index is 0.00616. The molecule has 3 amide bonds. The monoisotopic (exact) mass is 462 g/mol. The summed E-state index contributed by atoms with van der Waals surface area (Å²) in [4.78, 5) is 43.6. The van der Waals surface area contributed by atoms with Gasteiger partial charge in [0.25, 0.3) is 5.56 Å². The van der Waals surface area contributed by atoms with Crippen LogP contribution >= 0.6 is 0 Å². The van der Waals surface area contributed by atoms with E-state index in [4.69, 9.17) is 4.74 Å². The van der Waals surface area contributed by atoms with Crippen LogP contribution in [-0.4, -0.2) is 58.4 Å². The molecule has 0 bridgehead atoms. The maximum absolute atomic E-state index is 12.4. The largest absolute Gasteiger partial charge is 0.504 e. The van der Waals surface area contributed by atoms with Gasteiger partial charge in [-0.25, -0.2) is 4.79 Å². The van der Waals surface area contributed by atoms with Crippen LogP contribution < -0.4 is 15.6 Å². The molecule has 1 fully saturated rings. The highest BCUT2D eigenvalue weighted by Crippen LogP contribution is 2.28. The highest BCUT2D eigenvalue weighted by molar-refractivity contribution is 6.05. The molecule has 2 heterocycles. The first-order chi connectivity index (χ1) is 16.4. The van der Waals surface area contributed by atoms with E-state index in [1.807, 2.05) is 0 Å². The molecule has 0 spiro atoms. The molecular formula is C24H22N4O6. The number of hydrogen-bond acceptors (Lipinski definition) is 7. The Labute approximate surface area is 193 Å². The number of imide groups is 1. The van der Waals surface area contributed by atoms with Gasteiger partial charge in [-0.05, 0) is 29.3 Å². The second-order valence-corrected chi connectivity index (χ2v) is 7.60. The van der Waals surface area contributed by atoms with Crippen LogP contribution in [0.15, 0.2) is 52.3 Å². The smallest absolute Gasteiger partial charge is 0.324 e. The lowest BCUT2D eigenvalue weighted by atomic mass is 10.0. The maximum atomic E-state index is 12.4. The van der Waals surface area contributed by atoms with Crippen LogP contribution in [0.4, 0.5) is 4.79 Å². The Morgan fingerprint density at radius 1 is 1.18 bits per heavy atom. The van der Waals surface area contributed by atoms with E-state index in [1.165, 1.54) is 24.3 Å². The summed E-state index contributed by atoms with van der Waals surface area (Å²) >= 11 is 0. The molecule has 0 aliphatic carbocycles. The molecule has 0 unspecified atom stereocenters. The predicted molar refractivity (Wildman–Crippen MR) is 126 cm³/mol. The molecule has 1 saturated heterocycles. The number of phenolic OH excluding ortho intramolecular Hbond substituents is 1. The van der Waals surface area contributed by atoms with Gasteiger partial charge in [-0.15, -0.1) is 0 Å². The molecule has 0 saturated carbocycles. The zero-order chi connectivity index (χ0) is 24.2. The van der Waals surface area contributed by atoms with Gasteiger partial charge < -0.3 is 19.8 Å². The second kappa shape index (κ2) is 9.49. The van der Waals surface area contributed by atoms with Crippen molar-refractivity contribution in [2.45, 2.75) is 6.54 Å². The molecule has 10 heteroatoms. The van der Waals surface area contributed by atoms with E-state index < -0.39 is 11.6 Å². The fourth-order valence-electron chi connectivity index (χ4n) is 3.70. The van der Waals surface area contributed by atoms with Crippen molar-refractivity contribution in [2.24, 2.45) is 4.99 Å². The summed E-state index contributed by atoms with van der Waals surface area (Å²) in [5.41, 5.74) is 1.22. The predicted octanol–water partition coefficient (Wildman–Crippen LogP) is 2.13. The summed E-state index contributed by atoms with van der Waals surface area (Å²) in [5.74, 6) is -0.342. The lowest BCUT2D eigenvalue weighted by Gasteiger charge is -2.10. The summed E-state index contributed by atoms with van der Waals surface area (Å²) in [7, 11) is 1.46. The minimum atomic E-state index is -0.459. The topological polar surface area (TPSA) is 144 Å². The van der Waals surface area contributed by atoms with Crippen LogP contribution in [0.2, 0.25) is 0 Å². The molecule has 0 radical (unpaired) electrons. The van der Waals surface area contributed by atoms with Gasteiger partial charge in [0.05, 0.1) is 19.2 Å². The quantitative estimate of drug-likeness (QED) is 0.313. The highest BCUT2D eigenvalue weighted by atomic mass is 16.5. The first-order valence-corrected chi connectivity index (χ1v) is 10.4. The third kappa shape index (κ3) is 4.60. The summed E-state index contributed by atoms with van der Waals surface area (Å²) < 4.78 is 5.03. The number of amides is 3. The number of urea groups is 1. The molecule has 34 heavy (non-hydrogen) atoms. The van der Waals surface area contributed by atoms with Crippen molar-refractivity contribution < 1.29 is 24.5 Å². The standard InChI is InChI=1S/C24H22N4O6/c1-34-19-8-7-14(10-18(19)29)11-25-12-17-21-15(4-2-6-16(21)22(31)27-23(17)32)5-3-9-28-13-20(30)26-24(28)33/h2-8,10,12,29H,9,11,13H2,1H3,(H,26,30,33)(H2,27,31,32). The average molecular weight is 462 g/mol. The van der Waals surface area contributed by atoms with Crippen LogP contribution in [0.25, 0.3) is 16.8 Å². The summed E-state index contributed by atoms with van der Waals surface area (Å²) in [6, 6.07) is 9.58. The van der Waals surface area contributed by atoms with Crippen molar-refractivity contribution in [3.8, 4) is 17.4 Å². The van der Waals surface area contributed by atoms with Gasteiger partial charge in [-0.2, -0.15) is 0 Å². The number of carbonyl (C=O) groups is 2. The molecule has 1 aliphatic rings. The number of rotatable bonds is 7. The number of aromatic hydroxyl groups is 2. The maximum Gasteiger partial charge on any atom is 0.324 e. The molecule has 174 valence electrons. The fraction of sp³-hybridized carbons (Fsp3) is 0.167. The van der Waals surface area contributed by atoms with Gasteiger partial charge in [0.2, 0.25) is 11.8 Å². The van der Waals surface area contributed by atoms with Gasteiger partial charge in [0.15, 0.2) is 11.5 Å². The van der Waals surface area contributed by atoms with Gasteiger partial charge in [-0.1, -0.05) is 30.4 Å². The number of carbonyl (C=O) groups excluding carboxylic acids is 2. The van der Waals surface area contributed by atoms with Crippen LogP contribution in [0, 0.1) is 0 Å². The lowest BCUT2D eigenvalue weighted by Crippen LogP contribution is -2.28. The molecule has 1 aromatic heterocycles. The number of ether oxygens (including phenoxy) is 1. The average Bonchev–Trinajstić information content (AvgIpc) is 3.13. The third-order valence-corrected chi connectivity index (χ3v) is 5.33. The molecule has 1 aliphatic heterocycles. The Balaban J connectivity index is 1.65. The fourth-order valence-corrected chi connectivity index (χ4v) is 3.70. The number of fused-ring (bicyclic) bond motifs is 1. The van der Waals surface area contributed by atoms with Crippen LogP contribution in [-0.2, 0) is 11.3 Å². The summed E-state index contributed by atoms with van der Waals surface area (Å²) in [6.45, 7) is 0.402. The van der Waals surface area contributed by atoms with Gasteiger partial charge in [0, 0.05) is 23.5 Å². The Bertz CT molecular complexity index is 1390.